The van der Waals surface area contributed by atoms with Gasteiger partial charge < -0.3 is 10.6 Å². The molecule has 128 valence electrons. The van der Waals surface area contributed by atoms with Gasteiger partial charge in [0.2, 0.25) is 5.95 Å². The highest BCUT2D eigenvalue weighted by molar-refractivity contribution is 6.33. The van der Waals surface area contributed by atoms with E-state index < -0.39 is 0 Å². The third-order valence-corrected chi connectivity index (χ3v) is 4.13. The maximum atomic E-state index is 6.38. The van der Waals surface area contributed by atoms with Gasteiger partial charge in [0.05, 0.1) is 10.7 Å². The Hall–Kier alpha value is -2.59. The molecule has 0 atom stereocenters. The van der Waals surface area contributed by atoms with E-state index in [9.17, 15) is 0 Å². The molecule has 25 heavy (non-hydrogen) atoms. The maximum Gasteiger partial charge on any atom is 0.225 e. The van der Waals surface area contributed by atoms with Gasteiger partial charge in [-0.2, -0.15) is 4.98 Å². The average Bonchev–Trinajstić information content (AvgIpc) is 2.57. The van der Waals surface area contributed by atoms with Gasteiger partial charge in [-0.15, -0.1) is 0 Å². The molecule has 1 aromatic heterocycles. The van der Waals surface area contributed by atoms with Crippen LogP contribution in [0.3, 0.4) is 0 Å². The first-order valence-electron chi connectivity index (χ1n) is 8.18. The van der Waals surface area contributed by atoms with Gasteiger partial charge in [-0.25, -0.2) is 4.98 Å². The molecule has 0 aliphatic rings. The number of nitrogens with zero attached hydrogens (tertiary/aromatic N) is 2. The van der Waals surface area contributed by atoms with Gasteiger partial charge in [-0.3, -0.25) is 0 Å². The first-order valence-corrected chi connectivity index (χ1v) is 8.56. The van der Waals surface area contributed by atoms with Crippen molar-refractivity contribution in [3.8, 4) is 0 Å². The monoisotopic (exact) mass is 352 g/mol. The molecule has 0 radical (unpaired) electrons. The number of aromatic nitrogens is 2. The zero-order valence-electron chi connectivity index (χ0n) is 14.6. The minimum Gasteiger partial charge on any atom is -0.350 e. The molecule has 3 aromatic rings. The van der Waals surface area contributed by atoms with Crippen LogP contribution in [0.4, 0.5) is 17.5 Å². The number of halogens is 1. The fourth-order valence-corrected chi connectivity index (χ4v) is 3.06. The Bertz CT molecular complexity index is 855. The van der Waals surface area contributed by atoms with Crippen molar-refractivity contribution >= 4 is 29.1 Å². The smallest absolute Gasteiger partial charge is 0.225 e. The Morgan fingerprint density at radius 3 is 2.44 bits per heavy atom. The van der Waals surface area contributed by atoms with Gasteiger partial charge in [0.25, 0.3) is 0 Å². The van der Waals surface area contributed by atoms with E-state index in [4.69, 9.17) is 11.6 Å². The zero-order valence-corrected chi connectivity index (χ0v) is 15.4. The van der Waals surface area contributed by atoms with Gasteiger partial charge in [0.1, 0.15) is 5.82 Å². The van der Waals surface area contributed by atoms with E-state index in [2.05, 4.69) is 38.8 Å². The van der Waals surface area contributed by atoms with Crippen molar-refractivity contribution in [1.29, 1.82) is 0 Å². The fourth-order valence-electron chi connectivity index (χ4n) is 2.69. The first kappa shape index (κ1) is 17.2. The highest BCUT2D eigenvalue weighted by Gasteiger charge is 2.08. The van der Waals surface area contributed by atoms with Crippen molar-refractivity contribution < 1.29 is 0 Å². The van der Waals surface area contributed by atoms with E-state index in [1.807, 2.05) is 51.1 Å². The Morgan fingerprint density at radius 1 is 0.960 bits per heavy atom. The Kier molecular flexibility index (Phi) is 5.19. The quantitative estimate of drug-likeness (QED) is 0.644. The summed E-state index contributed by atoms with van der Waals surface area (Å²) in [5.74, 6) is 1.31. The minimum absolute atomic E-state index is 0.590. The van der Waals surface area contributed by atoms with Gasteiger partial charge in [-0.1, -0.05) is 48.0 Å². The van der Waals surface area contributed by atoms with Crippen LogP contribution in [0.1, 0.15) is 22.4 Å². The standard InChI is InChI=1S/C20H21ClN4/c1-13-9-14(2)19(17(21)10-13)24-18-11-15(3)23-20(25-18)22-12-16-7-5-4-6-8-16/h4-11H,12H2,1-3H3,(H2,22,23,24,25). The number of aryl methyl sites for hydroxylation is 3. The summed E-state index contributed by atoms with van der Waals surface area (Å²) < 4.78 is 0. The van der Waals surface area contributed by atoms with Crippen molar-refractivity contribution in [2.45, 2.75) is 27.3 Å². The summed E-state index contributed by atoms with van der Waals surface area (Å²) in [6, 6.07) is 16.1. The Morgan fingerprint density at radius 2 is 1.72 bits per heavy atom. The first-order chi connectivity index (χ1) is 12.0. The van der Waals surface area contributed by atoms with Crippen molar-refractivity contribution in [2.75, 3.05) is 10.6 Å². The van der Waals surface area contributed by atoms with Crippen molar-refractivity contribution in [2.24, 2.45) is 0 Å². The van der Waals surface area contributed by atoms with E-state index in [0.29, 0.717) is 17.5 Å². The van der Waals surface area contributed by atoms with Crippen molar-refractivity contribution in [3.05, 3.63) is 75.9 Å². The highest BCUT2D eigenvalue weighted by Crippen LogP contribution is 2.30. The number of benzene rings is 2. The lowest BCUT2D eigenvalue weighted by Crippen LogP contribution is -2.06. The molecule has 0 saturated heterocycles. The van der Waals surface area contributed by atoms with Crippen LogP contribution in [0.15, 0.2) is 48.5 Å². The van der Waals surface area contributed by atoms with Crippen molar-refractivity contribution in [1.82, 2.24) is 9.97 Å². The molecule has 2 aromatic carbocycles. The van der Waals surface area contributed by atoms with Crippen LogP contribution in [-0.2, 0) is 6.54 Å². The second-order valence-corrected chi connectivity index (χ2v) is 6.53. The lowest BCUT2D eigenvalue weighted by Gasteiger charge is -2.14. The molecule has 4 nitrogen and oxygen atoms in total. The number of hydrogen-bond donors (Lipinski definition) is 2. The van der Waals surface area contributed by atoms with Crippen LogP contribution < -0.4 is 10.6 Å². The third-order valence-electron chi connectivity index (χ3n) is 3.83. The molecule has 0 aliphatic heterocycles. The van der Waals surface area contributed by atoms with Crippen LogP contribution in [0, 0.1) is 20.8 Å². The van der Waals surface area contributed by atoms with E-state index in [0.717, 1.165) is 28.3 Å². The van der Waals surface area contributed by atoms with Crippen molar-refractivity contribution in [3.63, 3.8) is 0 Å². The molecule has 5 heteroatoms. The zero-order chi connectivity index (χ0) is 17.8. The molecule has 0 fully saturated rings. The predicted molar refractivity (Wildman–Crippen MR) is 105 cm³/mol. The number of nitrogens with one attached hydrogen (secondary N) is 2. The SMILES string of the molecule is Cc1cc(C)c(Nc2cc(C)nc(NCc3ccccc3)n2)c(Cl)c1. The van der Waals surface area contributed by atoms with E-state index in [1.54, 1.807) is 0 Å². The molecule has 0 bridgehead atoms. The van der Waals surface area contributed by atoms with Gasteiger partial charge in [-0.05, 0) is 43.5 Å². The molecule has 0 aliphatic carbocycles. The largest absolute Gasteiger partial charge is 0.350 e. The molecule has 1 heterocycles. The average molecular weight is 353 g/mol. The number of anilines is 3. The molecular formula is C20H21ClN4. The fraction of sp³-hybridized carbons (Fsp3) is 0.200. The summed E-state index contributed by atoms with van der Waals surface area (Å²) >= 11 is 6.38. The van der Waals surface area contributed by atoms with Gasteiger partial charge >= 0.3 is 0 Å². The van der Waals surface area contributed by atoms with Gasteiger partial charge in [0.15, 0.2) is 0 Å². The lowest BCUT2D eigenvalue weighted by atomic mass is 10.1. The Labute approximate surface area is 153 Å². The number of hydrogen-bond acceptors (Lipinski definition) is 4. The molecule has 0 amide bonds. The molecule has 2 N–H and O–H groups in total. The summed E-state index contributed by atoms with van der Waals surface area (Å²) in [4.78, 5) is 9.01. The van der Waals surface area contributed by atoms with Gasteiger partial charge in [0, 0.05) is 18.3 Å². The molecule has 3 rings (SSSR count). The number of rotatable bonds is 5. The summed E-state index contributed by atoms with van der Waals surface area (Å²) in [5.41, 5.74) is 5.16. The molecule has 0 saturated carbocycles. The van der Waals surface area contributed by atoms with E-state index in [-0.39, 0.29) is 0 Å². The summed E-state index contributed by atoms with van der Waals surface area (Å²) in [6.07, 6.45) is 0. The highest BCUT2D eigenvalue weighted by atomic mass is 35.5. The maximum absolute atomic E-state index is 6.38. The Balaban J connectivity index is 1.80. The topological polar surface area (TPSA) is 49.8 Å². The summed E-state index contributed by atoms with van der Waals surface area (Å²) in [5, 5.41) is 7.28. The van der Waals surface area contributed by atoms with Crippen LogP contribution in [0.2, 0.25) is 5.02 Å². The summed E-state index contributed by atoms with van der Waals surface area (Å²) in [6.45, 7) is 6.69. The normalized spacial score (nSPS) is 10.6. The summed E-state index contributed by atoms with van der Waals surface area (Å²) in [7, 11) is 0. The second-order valence-electron chi connectivity index (χ2n) is 6.12. The minimum atomic E-state index is 0.590. The predicted octanol–water partition coefficient (Wildman–Crippen LogP) is 5.41. The van der Waals surface area contributed by atoms with Crippen LogP contribution in [0.5, 0.6) is 0 Å². The van der Waals surface area contributed by atoms with Crippen LogP contribution in [0.25, 0.3) is 0 Å². The molecular weight excluding hydrogens is 332 g/mol. The molecule has 0 spiro atoms. The van der Waals surface area contributed by atoms with Crippen LogP contribution >= 0.6 is 11.6 Å². The molecule has 0 unspecified atom stereocenters. The third kappa shape index (κ3) is 4.48. The van der Waals surface area contributed by atoms with E-state index in [1.165, 1.54) is 5.56 Å². The van der Waals surface area contributed by atoms with Crippen LogP contribution in [-0.4, -0.2) is 9.97 Å². The lowest BCUT2D eigenvalue weighted by molar-refractivity contribution is 1.03. The second kappa shape index (κ2) is 7.53. The van der Waals surface area contributed by atoms with E-state index >= 15 is 0 Å².